The quantitative estimate of drug-likeness (QED) is 0.457. The number of hydrogen-bond acceptors (Lipinski definition) is 5. The predicted octanol–water partition coefficient (Wildman–Crippen LogP) is -1.64. The summed E-state index contributed by atoms with van der Waals surface area (Å²) >= 11 is 0. The molecule has 3 atom stereocenters. The predicted molar refractivity (Wildman–Crippen MR) is 41.8 cm³/mol. The Kier molecular flexibility index (Phi) is 6.23. The molecule has 0 aromatic rings. The van der Waals surface area contributed by atoms with Gasteiger partial charge in [0.05, 0.1) is 13.2 Å². The number of rotatable bonds is 6. The smallest absolute Gasteiger partial charge is 0.114 e. The summed E-state index contributed by atoms with van der Waals surface area (Å²) in [4.78, 5) is 0. The van der Waals surface area contributed by atoms with E-state index in [1.165, 1.54) is 14.2 Å². The molecule has 3 N–H and O–H groups in total. The van der Waals surface area contributed by atoms with Crippen LogP contribution in [0.4, 0.5) is 0 Å². The second kappa shape index (κ2) is 6.33. The van der Waals surface area contributed by atoms with E-state index in [1.807, 2.05) is 0 Å². The van der Waals surface area contributed by atoms with Gasteiger partial charge in [-0.3, -0.25) is 0 Å². The summed E-state index contributed by atoms with van der Waals surface area (Å²) in [7, 11) is 2.78. The van der Waals surface area contributed by atoms with Crippen molar-refractivity contribution in [3.05, 3.63) is 0 Å². The van der Waals surface area contributed by atoms with E-state index in [-0.39, 0.29) is 6.61 Å². The summed E-state index contributed by atoms with van der Waals surface area (Å²) in [6.07, 6.45) is -2.35. The standard InChI is InChI=1S/C7H16O5/c1-11-6(4-9)7(12-2)5(10)3-8/h5-10H,3-4H2,1-2H3/t5-,6-,7-/m1/s1. The van der Waals surface area contributed by atoms with Gasteiger partial charge >= 0.3 is 0 Å². The van der Waals surface area contributed by atoms with Gasteiger partial charge in [0.2, 0.25) is 0 Å². The van der Waals surface area contributed by atoms with E-state index in [0.29, 0.717) is 0 Å². The molecular formula is C7H16O5. The highest BCUT2D eigenvalue weighted by Gasteiger charge is 2.27. The lowest BCUT2D eigenvalue weighted by molar-refractivity contribution is -0.120. The molecule has 0 saturated carbocycles. The Bertz CT molecular complexity index is 104. The highest BCUT2D eigenvalue weighted by molar-refractivity contribution is 4.76. The third-order valence-electron chi connectivity index (χ3n) is 1.69. The van der Waals surface area contributed by atoms with Gasteiger partial charge in [0.15, 0.2) is 0 Å². The maximum atomic E-state index is 9.18. The molecular weight excluding hydrogens is 164 g/mol. The topological polar surface area (TPSA) is 79.2 Å². The Labute approximate surface area is 71.5 Å². The molecule has 12 heavy (non-hydrogen) atoms. The van der Waals surface area contributed by atoms with E-state index in [1.54, 1.807) is 0 Å². The summed E-state index contributed by atoms with van der Waals surface area (Å²) in [5.74, 6) is 0. The van der Waals surface area contributed by atoms with Gasteiger partial charge < -0.3 is 24.8 Å². The molecule has 0 fully saturated rings. The van der Waals surface area contributed by atoms with Gasteiger partial charge in [0, 0.05) is 14.2 Å². The largest absolute Gasteiger partial charge is 0.394 e. The van der Waals surface area contributed by atoms with Crippen LogP contribution in [0.1, 0.15) is 0 Å². The molecule has 0 aliphatic carbocycles. The molecule has 0 amide bonds. The monoisotopic (exact) mass is 180 g/mol. The number of hydrogen-bond donors (Lipinski definition) is 3. The van der Waals surface area contributed by atoms with Crippen molar-refractivity contribution in [1.82, 2.24) is 0 Å². The van der Waals surface area contributed by atoms with Crippen molar-refractivity contribution in [2.75, 3.05) is 27.4 Å². The molecule has 0 heterocycles. The lowest BCUT2D eigenvalue weighted by atomic mass is 10.1. The Hall–Kier alpha value is -0.200. The van der Waals surface area contributed by atoms with Crippen LogP contribution in [0.5, 0.6) is 0 Å². The maximum Gasteiger partial charge on any atom is 0.114 e. The SMILES string of the molecule is CO[C@H]([C@H](O)CO)[C@@H](CO)OC. The van der Waals surface area contributed by atoms with Crippen molar-refractivity contribution in [2.45, 2.75) is 18.3 Å². The van der Waals surface area contributed by atoms with Gasteiger partial charge in [0.1, 0.15) is 18.3 Å². The van der Waals surface area contributed by atoms with Crippen LogP contribution < -0.4 is 0 Å². The van der Waals surface area contributed by atoms with E-state index < -0.39 is 24.9 Å². The lowest BCUT2D eigenvalue weighted by Gasteiger charge is -2.26. The number of aliphatic hydroxyl groups is 3. The first-order chi connectivity index (χ1) is 5.71. The van der Waals surface area contributed by atoms with E-state index in [4.69, 9.17) is 19.7 Å². The van der Waals surface area contributed by atoms with Crippen LogP contribution >= 0.6 is 0 Å². The molecule has 0 saturated heterocycles. The second-order valence-corrected chi connectivity index (χ2v) is 2.41. The minimum Gasteiger partial charge on any atom is -0.394 e. The van der Waals surface area contributed by atoms with Gasteiger partial charge in [-0.05, 0) is 0 Å². The lowest BCUT2D eigenvalue weighted by Crippen LogP contribution is -2.43. The van der Waals surface area contributed by atoms with Crippen molar-refractivity contribution in [3.8, 4) is 0 Å². The summed E-state index contributed by atoms with van der Waals surface area (Å²) in [5.41, 5.74) is 0. The number of ether oxygens (including phenoxy) is 2. The average molecular weight is 180 g/mol. The third-order valence-corrected chi connectivity index (χ3v) is 1.69. The number of aliphatic hydroxyl groups excluding tert-OH is 3. The van der Waals surface area contributed by atoms with Gasteiger partial charge in [-0.1, -0.05) is 0 Å². The van der Waals surface area contributed by atoms with Gasteiger partial charge in [-0.25, -0.2) is 0 Å². The zero-order valence-electron chi connectivity index (χ0n) is 7.30. The van der Waals surface area contributed by atoms with E-state index in [0.717, 1.165) is 0 Å². The molecule has 0 bridgehead atoms. The second-order valence-electron chi connectivity index (χ2n) is 2.41. The average Bonchev–Trinajstić information content (AvgIpc) is 2.12. The number of methoxy groups -OCH3 is 2. The Morgan fingerprint density at radius 2 is 1.67 bits per heavy atom. The van der Waals surface area contributed by atoms with E-state index in [2.05, 4.69) is 0 Å². The Morgan fingerprint density at radius 3 is 1.92 bits per heavy atom. The molecule has 0 rings (SSSR count). The zero-order chi connectivity index (χ0) is 9.56. The normalized spacial score (nSPS) is 18.8. The molecule has 0 aromatic carbocycles. The van der Waals surface area contributed by atoms with Crippen LogP contribution in [0.15, 0.2) is 0 Å². The fourth-order valence-electron chi connectivity index (χ4n) is 0.973. The van der Waals surface area contributed by atoms with Crippen molar-refractivity contribution < 1.29 is 24.8 Å². The molecule has 0 unspecified atom stereocenters. The van der Waals surface area contributed by atoms with Crippen LogP contribution in [0.3, 0.4) is 0 Å². The van der Waals surface area contributed by atoms with Crippen molar-refractivity contribution in [2.24, 2.45) is 0 Å². The minimum atomic E-state index is -1.04. The molecule has 5 heteroatoms. The van der Waals surface area contributed by atoms with Gasteiger partial charge in [-0.15, -0.1) is 0 Å². The highest BCUT2D eigenvalue weighted by Crippen LogP contribution is 2.06. The molecule has 0 aliphatic heterocycles. The summed E-state index contributed by atoms with van der Waals surface area (Å²) in [6.45, 7) is -0.676. The minimum absolute atomic E-state index is 0.258. The molecule has 0 aliphatic rings. The fraction of sp³-hybridized carbons (Fsp3) is 1.00. The fourth-order valence-corrected chi connectivity index (χ4v) is 0.973. The van der Waals surface area contributed by atoms with Gasteiger partial charge in [0.25, 0.3) is 0 Å². The first-order valence-electron chi connectivity index (χ1n) is 3.66. The van der Waals surface area contributed by atoms with Crippen LogP contribution in [-0.2, 0) is 9.47 Å². The first-order valence-corrected chi connectivity index (χ1v) is 3.66. The molecule has 5 nitrogen and oxygen atoms in total. The molecule has 0 spiro atoms. The summed E-state index contributed by atoms with van der Waals surface area (Å²) in [6, 6.07) is 0. The maximum absolute atomic E-state index is 9.18. The van der Waals surface area contributed by atoms with Crippen molar-refractivity contribution >= 4 is 0 Å². The van der Waals surface area contributed by atoms with Crippen molar-refractivity contribution in [3.63, 3.8) is 0 Å². The van der Waals surface area contributed by atoms with E-state index >= 15 is 0 Å². The Balaban J connectivity index is 4.09. The van der Waals surface area contributed by atoms with E-state index in [9.17, 15) is 5.11 Å². The van der Waals surface area contributed by atoms with Crippen LogP contribution in [-0.4, -0.2) is 61.1 Å². The highest BCUT2D eigenvalue weighted by atomic mass is 16.5. The Morgan fingerprint density at radius 1 is 1.08 bits per heavy atom. The van der Waals surface area contributed by atoms with Crippen LogP contribution in [0.25, 0.3) is 0 Å². The molecule has 0 radical (unpaired) electrons. The van der Waals surface area contributed by atoms with Crippen LogP contribution in [0.2, 0.25) is 0 Å². The molecule has 74 valence electrons. The summed E-state index contributed by atoms with van der Waals surface area (Å²) < 4.78 is 9.68. The third kappa shape index (κ3) is 3.04. The molecule has 0 aromatic heterocycles. The van der Waals surface area contributed by atoms with Crippen molar-refractivity contribution in [1.29, 1.82) is 0 Å². The van der Waals surface area contributed by atoms with Crippen LogP contribution in [0, 0.1) is 0 Å². The zero-order valence-corrected chi connectivity index (χ0v) is 7.30. The summed E-state index contributed by atoms with van der Waals surface area (Å²) in [5, 5.41) is 26.6. The van der Waals surface area contributed by atoms with Gasteiger partial charge in [-0.2, -0.15) is 0 Å². The first kappa shape index (κ1) is 11.8.